The number of methoxy groups -OCH3 is 2. The van der Waals surface area contributed by atoms with Gasteiger partial charge >= 0.3 is 5.97 Å². The zero-order valence-corrected chi connectivity index (χ0v) is 24.0. The predicted octanol–water partition coefficient (Wildman–Crippen LogP) is 4.90. The number of hydrogen-bond donors (Lipinski definition) is 1. The highest BCUT2D eigenvalue weighted by Crippen LogP contribution is 2.61. The molecule has 44 heavy (non-hydrogen) atoms. The number of benzene rings is 4. The molecule has 0 aromatic heterocycles. The van der Waals surface area contributed by atoms with Crippen molar-refractivity contribution >= 4 is 35.1 Å². The Morgan fingerprint density at radius 2 is 1.32 bits per heavy atom. The second-order valence-electron chi connectivity index (χ2n) is 11.0. The van der Waals surface area contributed by atoms with E-state index in [-0.39, 0.29) is 29.2 Å². The molecule has 9 heteroatoms. The number of carbonyl (C=O) groups excluding carboxylic acids is 4. The van der Waals surface area contributed by atoms with Crippen LogP contribution in [-0.2, 0) is 19.1 Å². The fourth-order valence-corrected chi connectivity index (χ4v) is 7.02. The van der Waals surface area contributed by atoms with Gasteiger partial charge in [0.2, 0.25) is 11.8 Å². The summed E-state index contributed by atoms with van der Waals surface area (Å²) in [6.45, 7) is -0.560. The first-order valence-corrected chi connectivity index (χ1v) is 14.3. The molecule has 2 atom stereocenters. The molecule has 0 spiro atoms. The van der Waals surface area contributed by atoms with Crippen molar-refractivity contribution in [2.75, 3.05) is 31.0 Å². The van der Waals surface area contributed by atoms with Gasteiger partial charge < -0.3 is 19.5 Å². The summed E-state index contributed by atoms with van der Waals surface area (Å²) in [6, 6.07) is 27.2. The van der Waals surface area contributed by atoms with Crippen molar-refractivity contribution in [3.63, 3.8) is 0 Å². The molecule has 1 aliphatic heterocycles. The standard InChI is InChI=1S/C35H28N2O7/c1-42-21-14-15-27(43-2)26(17-21)36-28(38)18-44-35(41)19-8-7-9-20(16-19)37-33(39)31-29-22-10-3-4-11-23(22)30(32(31)34(37)40)25-13-6-5-12-24(25)29/h3-17,29-32H,18H2,1-2H3,(H,36,38)/t29?,30?,31-,32-/m0/s1. The summed E-state index contributed by atoms with van der Waals surface area (Å²) in [5, 5.41) is 2.65. The van der Waals surface area contributed by atoms with Gasteiger partial charge in [-0.3, -0.25) is 14.4 Å². The smallest absolute Gasteiger partial charge is 0.338 e. The topological polar surface area (TPSA) is 111 Å². The van der Waals surface area contributed by atoms with Gasteiger partial charge in [-0.2, -0.15) is 0 Å². The summed E-state index contributed by atoms with van der Waals surface area (Å²) < 4.78 is 15.7. The quantitative estimate of drug-likeness (QED) is 0.242. The van der Waals surface area contributed by atoms with E-state index < -0.39 is 30.3 Å². The van der Waals surface area contributed by atoms with Crippen LogP contribution in [0.15, 0.2) is 91.0 Å². The summed E-state index contributed by atoms with van der Waals surface area (Å²) in [5.74, 6) is -2.51. The number of carbonyl (C=O) groups is 4. The monoisotopic (exact) mass is 588 g/mol. The van der Waals surface area contributed by atoms with Crippen LogP contribution in [0.2, 0.25) is 0 Å². The minimum absolute atomic E-state index is 0.110. The Hall–Kier alpha value is -5.44. The zero-order valence-electron chi connectivity index (χ0n) is 24.0. The van der Waals surface area contributed by atoms with Crippen molar-refractivity contribution in [3.05, 3.63) is 119 Å². The van der Waals surface area contributed by atoms with Gasteiger partial charge in [0.1, 0.15) is 11.5 Å². The minimum atomic E-state index is -0.768. The van der Waals surface area contributed by atoms with Crippen molar-refractivity contribution in [3.8, 4) is 11.5 Å². The summed E-state index contributed by atoms with van der Waals surface area (Å²) in [5.41, 5.74) is 5.11. The van der Waals surface area contributed by atoms with Crippen molar-refractivity contribution in [2.45, 2.75) is 11.8 Å². The van der Waals surface area contributed by atoms with Gasteiger partial charge in [0.25, 0.3) is 5.91 Å². The molecule has 4 aromatic rings. The molecule has 3 aliphatic carbocycles. The third-order valence-corrected chi connectivity index (χ3v) is 8.80. The molecule has 1 heterocycles. The zero-order chi connectivity index (χ0) is 30.5. The van der Waals surface area contributed by atoms with Crippen LogP contribution >= 0.6 is 0 Å². The fraction of sp³-hybridized carbons (Fsp3) is 0.200. The minimum Gasteiger partial charge on any atom is -0.497 e. The van der Waals surface area contributed by atoms with Gasteiger partial charge in [0.15, 0.2) is 6.61 Å². The van der Waals surface area contributed by atoms with E-state index in [1.54, 1.807) is 30.3 Å². The first-order valence-electron chi connectivity index (χ1n) is 14.3. The largest absolute Gasteiger partial charge is 0.497 e. The number of hydrogen-bond acceptors (Lipinski definition) is 7. The van der Waals surface area contributed by atoms with Gasteiger partial charge in [-0.15, -0.1) is 0 Å². The van der Waals surface area contributed by atoms with E-state index in [9.17, 15) is 19.2 Å². The Kier molecular flexibility index (Phi) is 6.65. The first-order chi connectivity index (χ1) is 21.4. The lowest BCUT2D eigenvalue weighted by Gasteiger charge is -2.45. The van der Waals surface area contributed by atoms with Crippen LogP contribution in [0.4, 0.5) is 11.4 Å². The van der Waals surface area contributed by atoms with Crippen LogP contribution < -0.4 is 19.7 Å². The van der Waals surface area contributed by atoms with E-state index >= 15 is 0 Å². The Morgan fingerprint density at radius 3 is 1.86 bits per heavy atom. The van der Waals surface area contributed by atoms with Gasteiger partial charge in [0.05, 0.1) is 43.0 Å². The van der Waals surface area contributed by atoms with E-state index in [4.69, 9.17) is 14.2 Å². The average Bonchev–Trinajstić information content (AvgIpc) is 3.33. The summed E-state index contributed by atoms with van der Waals surface area (Å²) in [4.78, 5) is 54.9. The maximum absolute atomic E-state index is 14.0. The normalized spacial score (nSPS) is 20.8. The van der Waals surface area contributed by atoms with Crippen LogP contribution in [-0.4, -0.2) is 44.5 Å². The maximum atomic E-state index is 14.0. The molecule has 0 unspecified atom stereocenters. The van der Waals surface area contributed by atoms with Crippen molar-refractivity contribution < 1.29 is 33.4 Å². The molecule has 2 bridgehead atoms. The summed E-state index contributed by atoms with van der Waals surface area (Å²) >= 11 is 0. The van der Waals surface area contributed by atoms with E-state index in [1.807, 2.05) is 24.3 Å². The van der Waals surface area contributed by atoms with Crippen LogP contribution in [0.3, 0.4) is 0 Å². The number of esters is 1. The SMILES string of the molecule is COc1ccc(OC)c(NC(=O)COC(=O)c2cccc(N3C(=O)[C@H]4C5c6ccccc6C(c6ccccc65)[C@@H]4C3=O)c2)c1. The van der Waals surface area contributed by atoms with E-state index in [2.05, 4.69) is 29.6 Å². The molecule has 9 nitrogen and oxygen atoms in total. The number of imide groups is 1. The Bertz CT molecular complexity index is 1740. The Morgan fingerprint density at radius 1 is 0.727 bits per heavy atom. The summed E-state index contributed by atoms with van der Waals surface area (Å²) in [6.07, 6.45) is 0. The van der Waals surface area contributed by atoms with Gasteiger partial charge in [0, 0.05) is 17.9 Å². The number of nitrogens with zero attached hydrogens (tertiary/aromatic N) is 1. The van der Waals surface area contributed by atoms with Gasteiger partial charge in [-0.05, 0) is 52.6 Å². The van der Waals surface area contributed by atoms with Crippen molar-refractivity contribution in [2.24, 2.45) is 11.8 Å². The van der Waals surface area contributed by atoms with Crippen LogP contribution in [0, 0.1) is 11.8 Å². The van der Waals surface area contributed by atoms with Crippen molar-refractivity contribution in [1.29, 1.82) is 0 Å². The predicted molar refractivity (Wildman–Crippen MR) is 161 cm³/mol. The summed E-state index contributed by atoms with van der Waals surface area (Å²) in [7, 11) is 2.97. The second kappa shape index (κ2) is 10.7. The number of amides is 3. The van der Waals surface area contributed by atoms with Crippen LogP contribution in [0.5, 0.6) is 11.5 Å². The molecule has 4 aliphatic rings. The van der Waals surface area contributed by atoms with E-state index in [0.29, 0.717) is 22.9 Å². The molecule has 1 fully saturated rings. The second-order valence-corrected chi connectivity index (χ2v) is 11.0. The maximum Gasteiger partial charge on any atom is 0.338 e. The molecule has 8 rings (SSSR count). The molecule has 0 saturated carbocycles. The lowest BCUT2D eigenvalue weighted by atomic mass is 9.55. The molecular weight excluding hydrogens is 560 g/mol. The molecule has 220 valence electrons. The lowest BCUT2D eigenvalue weighted by Crippen LogP contribution is -2.41. The number of anilines is 2. The molecule has 3 amide bonds. The van der Waals surface area contributed by atoms with E-state index in [1.165, 1.54) is 31.3 Å². The lowest BCUT2D eigenvalue weighted by molar-refractivity contribution is -0.122. The Labute approximate surface area is 253 Å². The number of rotatable bonds is 7. The first kappa shape index (κ1) is 27.4. The number of ether oxygens (including phenoxy) is 3. The van der Waals surface area contributed by atoms with Crippen molar-refractivity contribution in [1.82, 2.24) is 0 Å². The van der Waals surface area contributed by atoms with E-state index in [0.717, 1.165) is 22.3 Å². The van der Waals surface area contributed by atoms with Gasteiger partial charge in [-0.1, -0.05) is 54.6 Å². The molecular formula is C35H28N2O7. The highest BCUT2D eigenvalue weighted by molar-refractivity contribution is 6.23. The third-order valence-electron chi connectivity index (χ3n) is 8.80. The molecule has 1 N–H and O–H groups in total. The third kappa shape index (κ3) is 4.23. The Balaban J connectivity index is 1.11. The number of nitrogens with one attached hydrogen (secondary N) is 1. The van der Waals surface area contributed by atoms with Gasteiger partial charge in [-0.25, -0.2) is 9.69 Å². The molecule has 1 saturated heterocycles. The molecule has 4 aromatic carbocycles. The highest BCUT2D eigenvalue weighted by atomic mass is 16.5. The highest BCUT2D eigenvalue weighted by Gasteiger charge is 2.61. The molecule has 0 radical (unpaired) electrons. The fourth-order valence-electron chi connectivity index (χ4n) is 7.02. The van der Waals surface area contributed by atoms with Crippen LogP contribution in [0.25, 0.3) is 0 Å². The van der Waals surface area contributed by atoms with Crippen LogP contribution in [0.1, 0.15) is 44.4 Å². The average molecular weight is 589 g/mol.